The van der Waals surface area contributed by atoms with Gasteiger partial charge in [-0.3, -0.25) is 14.0 Å². The van der Waals surface area contributed by atoms with Crippen LogP contribution in [0.15, 0.2) is 79.0 Å². The van der Waals surface area contributed by atoms with Gasteiger partial charge in [0.05, 0.1) is 0 Å². The number of amides is 2. The van der Waals surface area contributed by atoms with Crippen molar-refractivity contribution in [2.75, 3.05) is 18.4 Å². The quantitative estimate of drug-likeness (QED) is 0.391. The Labute approximate surface area is 209 Å². The van der Waals surface area contributed by atoms with Crippen molar-refractivity contribution in [3.63, 3.8) is 0 Å². The number of carbonyl (C=O) groups is 2. The number of imidazole rings is 1. The lowest BCUT2D eigenvalue weighted by atomic mass is 9.95. The maximum atomic E-state index is 13.5. The standard InChI is InChI=1S/C29H27FN4O2/c1-20-13-18-34-25(19-20)31-27(22-8-10-24(30)11-9-22)28(34)32-29(36)23-14-16-33(17-15-23)26(35)12-7-21-5-3-2-4-6-21/h2-13,18-19,23H,14-17H2,1H3,(H,32,36)/b12-7+. The first-order valence-electron chi connectivity index (χ1n) is 12.1. The lowest BCUT2D eigenvalue weighted by Crippen LogP contribution is -2.40. The van der Waals surface area contributed by atoms with Crippen molar-refractivity contribution in [1.29, 1.82) is 0 Å². The predicted molar refractivity (Wildman–Crippen MR) is 139 cm³/mol. The average Bonchev–Trinajstić information content (AvgIpc) is 3.25. The minimum atomic E-state index is -0.330. The fourth-order valence-electron chi connectivity index (χ4n) is 4.49. The van der Waals surface area contributed by atoms with E-state index >= 15 is 0 Å². The number of aryl methyl sites for hydroxylation is 1. The molecule has 1 aliphatic rings. The average molecular weight is 483 g/mol. The summed E-state index contributed by atoms with van der Waals surface area (Å²) in [5, 5.41) is 3.08. The largest absolute Gasteiger partial charge is 0.339 e. The molecule has 0 spiro atoms. The molecule has 0 saturated carbocycles. The molecule has 1 N–H and O–H groups in total. The Kier molecular flexibility index (Phi) is 6.62. The number of aromatic nitrogens is 2. The van der Waals surface area contributed by atoms with Crippen LogP contribution < -0.4 is 5.32 Å². The van der Waals surface area contributed by atoms with E-state index < -0.39 is 0 Å². The topological polar surface area (TPSA) is 66.7 Å². The molecular formula is C29H27FN4O2. The van der Waals surface area contributed by atoms with Crippen molar-refractivity contribution in [3.05, 3.63) is 95.9 Å². The van der Waals surface area contributed by atoms with Crippen molar-refractivity contribution in [2.24, 2.45) is 5.92 Å². The van der Waals surface area contributed by atoms with Gasteiger partial charge in [-0.1, -0.05) is 30.3 Å². The van der Waals surface area contributed by atoms with Crippen LogP contribution in [0.1, 0.15) is 24.0 Å². The van der Waals surface area contributed by atoms with Crippen LogP contribution >= 0.6 is 0 Å². The third kappa shape index (κ3) is 5.05. The second-order valence-corrected chi connectivity index (χ2v) is 9.08. The normalized spacial score (nSPS) is 14.4. The number of fused-ring (bicyclic) bond motifs is 1. The van der Waals surface area contributed by atoms with E-state index in [1.807, 2.05) is 66.1 Å². The maximum absolute atomic E-state index is 13.5. The first kappa shape index (κ1) is 23.5. The van der Waals surface area contributed by atoms with Gasteiger partial charge >= 0.3 is 0 Å². The van der Waals surface area contributed by atoms with Crippen molar-refractivity contribution in [2.45, 2.75) is 19.8 Å². The number of carbonyl (C=O) groups excluding carboxylic acids is 2. The zero-order valence-corrected chi connectivity index (χ0v) is 20.0. The van der Waals surface area contributed by atoms with E-state index in [0.29, 0.717) is 43.1 Å². The Balaban J connectivity index is 1.29. The minimum absolute atomic E-state index is 0.0477. The van der Waals surface area contributed by atoms with Crippen molar-refractivity contribution in [3.8, 4) is 11.3 Å². The molecule has 6 nitrogen and oxygen atoms in total. The van der Waals surface area contributed by atoms with Crippen LogP contribution in [0, 0.1) is 18.7 Å². The van der Waals surface area contributed by atoms with Crippen LogP contribution in [0.25, 0.3) is 23.0 Å². The number of piperidine rings is 1. The number of anilines is 1. The Morgan fingerprint density at radius 3 is 2.47 bits per heavy atom. The van der Waals surface area contributed by atoms with E-state index in [2.05, 4.69) is 5.32 Å². The molecule has 2 aromatic carbocycles. The fourth-order valence-corrected chi connectivity index (χ4v) is 4.49. The summed E-state index contributed by atoms with van der Waals surface area (Å²) in [7, 11) is 0. The van der Waals surface area contributed by atoms with Gasteiger partial charge in [-0.15, -0.1) is 0 Å². The number of pyridine rings is 1. The smallest absolute Gasteiger partial charge is 0.246 e. The van der Waals surface area contributed by atoms with E-state index in [4.69, 9.17) is 4.98 Å². The molecule has 0 aliphatic carbocycles. The Bertz CT molecular complexity index is 1420. The van der Waals surface area contributed by atoms with Crippen molar-refractivity contribution in [1.82, 2.24) is 14.3 Å². The third-order valence-corrected chi connectivity index (χ3v) is 6.54. The molecule has 2 aromatic heterocycles. The highest BCUT2D eigenvalue weighted by molar-refractivity contribution is 5.96. The summed E-state index contributed by atoms with van der Waals surface area (Å²) in [6, 6.07) is 19.7. The van der Waals surface area contributed by atoms with Gasteiger partial charge in [0.2, 0.25) is 11.8 Å². The highest BCUT2D eigenvalue weighted by Gasteiger charge is 2.28. The van der Waals surface area contributed by atoms with Gasteiger partial charge in [-0.2, -0.15) is 0 Å². The molecule has 1 fully saturated rings. The van der Waals surface area contributed by atoms with Crippen LogP contribution in [0.4, 0.5) is 10.2 Å². The lowest BCUT2D eigenvalue weighted by molar-refractivity contribution is -0.130. The number of halogens is 1. The second-order valence-electron chi connectivity index (χ2n) is 9.08. The number of nitrogens with zero attached hydrogens (tertiary/aromatic N) is 3. The highest BCUT2D eigenvalue weighted by atomic mass is 19.1. The molecule has 2 amide bonds. The van der Waals surface area contributed by atoms with Gasteiger partial charge in [0.1, 0.15) is 23.0 Å². The molecule has 0 bridgehead atoms. The second kappa shape index (κ2) is 10.2. The minimum Gasteiger partial charge on any atom is -0.339 e. The lowest BCUT2D eigenvalue weighted by Gasteiger charge is -2.30. The van der Waals surface area contributed by atoms with Gasteiger partial charge in [0.15, 0.2) is 0 Å². The molecular weight excluding hydrogens is 455 g/mol. The van der Waals surface area contributed by atoms with Crippen molar-refractivity contribution < 1.29 is 14.0 Å². The van der Waals surface area contributed by atoms with Gasteiger partial charge < -0.3 is 10.2 Å². The molecule has 182 valence electrons. The first-order valence-corrected chi connectivity index (χ1v) is 12.1. The molecule has 1 aliphatic heterocycles. The zero-order chi connectivity index (χ0) is 25.1. The number of nitrogens with one attached hydrogen (secondary N) is 1. The van der Waals surface area contributed by atoms with Gasteiger partial charge in [0, 0.05) is 36.8 Å². The highest BCUT2D eigenvalue weighted by Crippen LogP contribution is 2.30. The SMILES string of the molecule is Cc1ccn2c(NC(=O)C3CCN(C(=O)/C=C/c4ccccc4)CC3)c(-c3ccc(F)cc3)nc2c1. The van der Waals surface area contributed by atoms with Gasteiger partial charge in [0.25, 0.3) is 0 Å². The van der Waals surface area contributed by atoms with Crippen molar-refractivity contribution >= 4 is 29.4 Å². The van der Waals surface area contributed by atoms with E-state index in [-0.39, 0.29) is 23.5 Å². The predicted octanol–water partition coefficient (Wildman–Crippen LogP) is 5.34. The van der Waals surface area contributed by atoms with E-state index in [1.165, 1.54) is 12.1 Å². The summed E-state index contributed by atoms with van der Waals surface area (Å²) in [6.45, 7) is 3.02. The number of benzene rings is 2. The molecule has 36 heavy (non-hydrogen) atoms. The molecule has 0 unspecified atom stereocenters. The molecule has 1 saturated heterocycles. The summed E-state index contributed by atoms with van der Waals surface area (Å²) in [6.07, 6.45) is 6.44. The summed E-state index contributed by atoms with van der Waals surface area (Å²) in [5.41, 5.74) is 4.04. The van der Waals surface area contributed by atoms with Gasteiger partial charge in [-0.05, 0) is 73.4 Å². The third-order valence-electron chi connectivity index (χ3n) is 6.54. The molecule has 0 radical (unpaired) electrons. The van der Waals surface area contributed by atoms with E-state index in [0.717, 1.165) is 16.7 Å². The van der Waals surface area contributed by atoms with Crippen LogP contribution in [-0.2, 0) is 9.59 Å². The fraction of sp³-hybridized carbons (Fsp3) is 0.207. The maximum Gasteiger partial charge on any atom is 0.246 e. The van der Waals surface area contributed by atoms with E-state index in [1.54, 1.807) is 23.1 Å². The Morgan fingerprint density at radius 1 is 1.03 bits per heavy atom. The molecule has 7 heteroatoms. The molecule has 3 heterocycles. The number of hydrogen-bond donors (Lipinski definition) is 1. The summed E-state index contributed by atoms with van der Waals surface area (Å²) >= 11 is 0. The monoisotopic (exact) mass is 482 g/mol. The zero-order valence-electron chi connectivity index (χ0n) is 20.0. The number of hydrogen-bond acceptors (Lipinski definition) is 3. The van der Waals surface area contributed by atoms with Crippen LogP contribution in [0.3, 0.4) is 0 Å². The van der Waals surface area contributed by atoms with E-state index in [9.17, 15) is 14.0 Å². The van der Waals surface area contributed by atoms with Gasteiger partial charge in [-0.25, -0.2) is 9.37 Å². The first-order chi connectivity index (χ1) is 17.5. The molecule has 5 rings (SSSR count). The van der Waals surface area contributed by atoms with Crippen LogP contribution in [-0.4, -0.2) is 39.2 Å². The Hall–Kier alpha value is -4.26. The molecule has 0 atom stereocenters. The number of rotatable bonds is 5. The summed E-state index contributed by atoms with van der Waals surface area (Å²) in [5.74, 6) is -0.139. The summed E-state index contributed by atoms with van der Waals surface area (Å²) < 4.78 is 15.4. The van der Waals surface area contributed by atoms with Crippen LogP contribution in [0.5, 0.6) is 0 Å². The molecule has 4 aromatic rings. The Morgan fingerprint density at radius 2 is 1.75 bits per heavy atom. The summed E-state index contributed by atoms with van der Waals surface area (Å²) in [4.78, 5) is 32.4. The van der Waals surface area contributed by atoms with Crippen LogP contribution in [0.2, 0.25) is 0 Å². The number of likely N-dealkylation sites (tertiary alicyclic amines) is 1.